The van der Waals surface area contributed by atoms with Gasteiger partial charge >= 0.3 is 17.9 Å². The van der Waals surface area contributed by atoms with Crippen LogP contribution in [-0.4, -0.2) is 236 Å². The molecule has 0 heterocycles. The molecule has 0 aromatic heterocycles. The van der Waals surface area contributed by atoms with Crippen molar-refractivity contribution >= 4 is 132 Å². The van der Waals surface area contributed by atoms with Gasteiger partial charge in [-0.1, -0.05) is 98.8 Å². The first kappa shape index (κ1) is 93.4. The number of thiol groups is 2. The standard InChI is InChI=1S/C73H99N15O21S3/c1-39(2)61(72(107)81-48(73(108)109)17-11-12-27-74)88-69(104)54(34-60(95)96)85-64(99)47(26-28-112-4)80-68(103)52(32-44-20-24-46(90)25-21-44)83-70(105)55(37-110)86-62(97)40(3)77-65(100)51(31-43-18-22-45(89)23-19-43)82-66(101)50(30-42-15-9-6-10-16-42)79-58(92)36-76-63(98)53(33-59(93)94)84-71(106)56(38-111)87-67(102)49(78-57(91)35-75)29-41-13-7-5-8-14-41/h5-10,13-16,18-25,39-40,47-56,61,89-90,110-111H,11-12,17,26-38,74-75H2,1-4H3,(H,76,98)(H,77,100)(H,78,91)(H,79,92)(H,80,103)(H,81,107)(H,82,101)(H,83,105)(H,84,106)(H,85,99)(H,86,97)(H,87,102)(H,88,104)(H,93,94)(H,95,96)(H,108,109)/t40-,47-,48-,49+,50-,51-,52+,53-,54-,55-,56-,61-/m0/s1. The van der Waals surface area contributed by atoms with E-state index in [2.05, 4.69) is 94.4 Å². The molecule has 36 nitrogen and oxygen atoms in total. The number of unbranched alkanes of at least 4 members (excludes halogenated alkanes) is 1. The van der Waals surface area contributed by atoms with Crippen molar-refractivity contribution in [3.63, 3.8) is 0 Å². The number of phenols is 2. The quantitative estimate of drug-likeness (QED) is 0.0152. The Morgan fingerprint density at radius 1 is 0.384 bits per heavy atom. The largest absolute Gasteiger partial charge is 0.508 e. The summed E-state index contributed by atoms with van der Waals surface area (Å²) in [5, 5.41) is 81.3. The molecular formula is C73H99N15O21S3. The fourth-order valence-electron chi connectivity index (χ4n) is 10.8. The number of aromatic hydroxyl groups is 2. The summed E-state index contributed by atoms with van der Waals surface area (Å²) >= 11 is 9.69. The van der Waals surface area contributed by atoms with Crippen LogP contribution in [0.2, 0.25) is 0 Å². The first-order chi connectivity index (χ1) is 53.2. The number of hydrogen-bond donors (Lipinski definition) is 22. The van der Waals surface area contributed by atoms with Crippen LogP contribution in [0.15, 0.2) is 109 Å². The van der Waals surface area contributed by atoms with Crippen molar-refractivity contribution in [2.45, 2.75) is 157 Å². The number of amides is 13. The van der Waals surface area contributed by atoms with Gasteiger partial charge in [-0.2, -0.15) is 37.0 Å². The molecule has 13 amide bonds. The second kappa shape index (κ2) is 48.6. The number of carbonyl (C=O) groups excluding carboxylic acids is 13. The Morgan fingerprint density at radius 2 is 0.741 bits per heavy atom. The molecular weight excluding hydrogens is 1520 g/mol. The zero-order valence-corrected chi connectivity index (χ0v) is 64.5. The van der Waals surface area contributed by atoms with Gasteiger partial charge in [0.15, 0.2) is 0 Å². The molecule has 4 aromatic rings. The van der Waals surface area contributed by atoms with Crippen molar-refractivity contribution in [1.29, 1.82) is 0 Å². The fourth-order valence-corrected chi connectivity index (χ4v) is 11.8. The highest BCUT2D eigenvalue weighted by Gasteiger charge is 2.38. The summed E-state index contributed by atoms with van der Waals surface area (Å²) in [4.78, 5) is 217. The summed E-state index contributed by atoms with van der Waals surface area (Å²) in [7, 11) is 0. The van der Waals surface area contributed by atoms with Crippen LogP contribution in [0.3, 0.4) is 0 Å². The van der Waals surface area contributed by atoms with Gasteiger partial charge in [-0.25, -0.2) is 4.79 Å². The highest BCUT2D eigenvalue weighted by Crippen LogP contribution is 2.17. The lowest BCUT2D eigenvalue weighted by atomic mass is 10.0. The number of carbonyl (C=O) groups is 16. The van der Waals surface area contributed by atoms with Crippen molar-refractivity contribution in [2.75, 3.05) is 43.1 Å². The Hall–Kier alpha value is -11.0. The number of hydrogen-bond acceptors (Lipinski definition) is 23. The van der Waals surface area contributed by atoms with Crippen LogP contribution in [0.4, 0.5) is 0 Å². The van der Waals surface area contributed by atoms with Gasteiger partial charge < -0.3 is 106 Å². The van der Waals surface area contributed by atoms with Gasteiger partial charge in [0.25, 0.3) is 0 Å². The zero-order valence-electron chi connectivity index (χ0n) is 61.9. The molecule has 4 aromatic carbocycles. The van der Waals surface area contributed by atoms with E-state index in [1.165, 1.54) is 81.1 Å². The number of nitrogens with two attached hydrogens (primary N) is 2. The lowest BCUT2D eigenvalue weighted by Gasteiger charge is -2.28. The van der Waals surface area contributed by atoms with E-state index >= 15 is 0 Å². The molecule has 4 rings (SSSR count). The number of benzene rings is 4. The van der Waals surface area contributed by atoms with E-state index < -0.39 is 205 Å². The molecule has 22 N–H and O–H groups in total. The van der Waals surface area contributed by atoms with E-state index in [4.69, 9.17) is 11.5 Å². The van der Waals surface area contributed by atoms with Gasteiger partial charge in [-0.15, -0.1) is 0 Å². The van der Waals surface area contributed by atoms with Crippen molar-refractivity contribution in [1.82, 2.24) is 69.1 Å². The van der Waals surface area contributed by atoms with E-state index in [9.17, 15) is 102 Å². The number of rotatable bonds is 49. The van der Waals surface area contributed by atoms with Crippen molar-refractivity contribution in [2.24, 2.45) is 17.4 Å². The predicted molar refractivity (Wildman–Crippen MR) is 415 cm³/mol. The molecule has 0 aliphatic heterocycles. The monoisotopic (exact) mass is 1620 g/mol. The lowest BCUT2D eigenvalue weighted by molar-refractivity contribution is -0.143. The molecule has 0 saturated carbocycles. The average molecular weight is 1620 g/mol. The second-order valence-electron chi connectivity index (χ2n) is 26.2. The van der Waals surface area contributed by atoms with Crippen LogP contribution < -0.4 is 80.6 Å². The molecule has 112 heavy (non-hydrogen) atoms. The maximum Gasteiger partial charge on any atom is 0.326 e. The van der Waals surface area contributed by atoms with Crippen LogP contribution >= 0.6 is 37.0 Å². The van der Waals surface area contributed by atoms with Gasteiger partial charge in [0.05, 0.1) is 25.9 Å². The normalized spacial score (nSPS) is 14.2. The summed E-state index contributed by atoms with van der Waals surface area (Å²) in [6.45, 7) is 3.15. The topological polar surface area (TPSA) is 583 Å². The van der Waals surface area contributed by atoms with Gasteiger partial charge in [0, 0.05) is 37.2 Å². The van der Waals surface area contributed by atoms with E-state index in [0.717, 1.165) is 0 Å². The summed E-state index contributed by atoms with van der Waals surface area (Å²) in [5.74, 6) is -19.2. The Morgan fingerprint density at radius 3 is 1.15 bits per heavy atom. The zero-order chi connectivity index (χ0) is 83.1. The van der Waals surface area contributed by atoms with E-state index in [1.807, 2.05) is 0 Å². The number of carboxylic acid groups (broad SMARTS) is 3. The maximum atomic E-state index is 14.6. The first-order valence-corrected chi connectivity index (χ1v) is 38.2. The minimum absolute atomic E-state index is 0.0108. The molecule has 0 aliphatic carbocycles. The molecule has 0 fully saturated rings. The second-order valence-corrected chi connectivity index (χ2v) is 27.9. The molecule has 12 atom stereocenters. The highest BCUT2D eigenvalue weighted by atomic mass is 32.2. The lowest BCUT2D eigenvalue weighted by Crippen LogP contribution is -2.61. The fraction of sp³-hybridized carbons (Fsp3) is 0.452. The van der Waals surface area contributed by atoms with E-state index in [1.54, 1.807) is 66.9 Å². The van der Waals surface area contributed by atoms with Crippen LogP contribution in [0.1, 0.15) is 81.5 Å². The number of aliphatic carboxylic acids is 3. The maximum absolute atomic E-state index is 14.6. The van der Waals surface area contributed by atoms with Crippen LogP contribution in [0.5, 0.6) is 11.5 Å². The predicted octanol–water partition coefficient (Wildman–Crippen LogP) is -3.29. The molecule has 0 aliphatic rings. The number of nitrogens with one attached hydrogen (secondary N) is 13. The molecule has 39 heteroatoms. The number of carboxylic acids is 3. The summed E-state index contributed by atoms with van der Waals surface area (Å²) in [6, 6.07) is 8.88. The van der Waals surface area contributed by atoms with Gasteiger partial charge in [0.2, 0.25) is 76.8 Å². The third-order valence-corrected chi connectivity index (χ3v) is 18.3. The van der Waals surface area contributed by atoms with Crippen LogP contribution in [0, 0.1) is 5.92 Å². The number of thioether (sulfide) groups is 1. The minimum Gasteiger partial charge on any atom is -0.508 e. The Labute approximate surface area is 660 Å². The summed E-state index contributed by atoms with van der Waals surface area (Å²) in [6.07, 6.45) is -0.611. The third kappa shape index (κ3) is 33.3. The average Bonchev–Trinajstić information content (AvgIpc) is 0.835. The Bertz CT molecular complexity index is 3870. The van der Waals surface area contributed by atoms with Crippen molar-refractivity contribution < 1.29 is 102 Å². The van der Waals surface area contributed by atoms with Crippen LogP contribution in [-0.2, 0) is 102 Å². The Balaban J connectivity index is 1.54. The van der Waals surface area contributed by atoms with Crippen LogP contribution in [0.25, 0.3) is 0 Å². The molecule has 0 bridgehead atoms. The van der Waals surface area contributed by atoms with Gasteiger partial charge in [-0.3, -0.25) is 71.9 Å². The Kier molecular flexibility index (Phi) is 40.5. The molecule has 0 radical (unpaired) electrons. The molecule has 0 unspecified atom stereocenters. The van der Waals surface area contributed by atoms with E-state index in [-0.39, 0.29) is 68.1 Å². The third-order valence-electron chi connectivity index (χ3n) is 17.0. The molecule has 0 saturated heterocycles. The summed E-state index contributed by atoms with van der Waals surface area (Å²) in [5.41, 5.74) is 12.8. The minimum atomic E-state index is -1.87. The van der Waals surface area contributed by atoms with Crippen molar-refractivity contribution in [3.05, 3.63) is 131 Å². The van der Waals surface area contributed by atoms with Crippen molar-refractivity contribution in [3.8, 4) is 11.5 Å². The molecule has 0 spiro atoms. The number of phenolic OH excluding ortho intramolecular Hbond substituents is 2. The SMILES string of the molecule is CSCC[C@H](NC(=O)[C@@H](Cc1ccc(O)cc1)NC(=O)[C@H](CS)NC(=O)[C@H](C)NC(=O)[C@H](Cc1ccc(O)cc1)NC(=O)[C@H](Cc1ccccc1)NC(=O)CNC(=O)[C@H](CC(=O)O)NC(=O)[C@H](CS)NC(=O)[C@@H](Cc1ccccc1)NC(=O)CN)C(=O)N[C@@H](CC(=O)O)C(=O)N[C@H](C(=O)N[C@@H](CCCCN)C(=O)O)C(C)C. The van der Waals surface area contributed by atoms with Gasteiger partial charge in [-0.05, 0) is 104 Å². The molecule has 610 valence electrons. The summed E-state index contributed by atoms with van der Waals surface area (Å²) < 4.78 is 0. The smallest absolute Gasteiger partial charge is 0.326 e. The highest BCUT2D eigenvalue weighted by molar-refractivity contribution is 7.98. The first-order valence-electron chi connectivity index (χ1n) is 35.5. The van der Waals surface area contributed by atoms with Gasteiger partial charge in [0.1, 0.15) is 84.0 Å². The van der Waals surface area contributed by atoms with E-state index in [0.29, 0.717) is 35.1 Å².